The minimum absolute atomic E-state index is 0.524. The summed E-state index contributed by atoms with van der Waals surface area (Å²) >= 11 is 0. The first kappa shape index (κ1) is 14.4. The molecule has 18 heavy (non-hydrogen) atoms. The monoisotopic (exact) mass is 251 g/mol. The van der Waals surface area contributed by atoms with E-state index < -0.39 is 0 Å². The van der Waals surface area contributed by atoms with Crippen molar-refractivity contribution in [1.29, 1.82) is 0 Å². The Morgan fingerprint density at radius 3 is 1.94 bits per heavy atom. The molecule has 106 valence electrons. The molecule has 0 bridgehead atoms. The summed E-state index contributed by atoms with van der Waals surface area (Å²) in [4.78, 5) is 0. The molecule has 0 aromatic carbocycles. The van der Waals surface area contributed by atoms with Gasteiger partial charge in [-0.3, -0.25) is 0 Å². The van der Waals surface area contributed by atoms with Gasteiger partial charge in [0.05, 0.1) is 0 Å². The fourth-order valence-electron chi connectivity index (χ4n) is 4.63. The van der Waals surface area contributed by atoms with Crippen LogP contribution in [0.5, 0.6) is 0 Å². The van der Waals surface area contributed by atoms with Gasteiger partial charge in [-0.2, -0.15) is 0 Å². The molecule has 1 N–H and O–H groups in total. The van der Waals surface area contributed by atoms with Crippen LogP contribution in [0.4, 0.5) is 0 Å². The molecule has 2 aliphatic carbocycles. The molecule has 0 spiro atoms. The highest BCUT2D eigenvalue weighted by molar-refractivity contribution is 5.13. The summed E-state index contributed by atoms with van der Waals surface area (Å²) < 4.78 is 0. The predicted molar refractivity (Wildman–Crippen MR) is 79.6 cm³/mol. The van der Waals surface area contributed by atoms with Crippen LogP contribution in [0.15, 0.2) is 0 Å². The third-order valence-corrected chi connectivity index (χ3v) is 6.32. The van der Waals surface area contributed by atoms with Crippen molar-refractivity contribution >= 4 is 0 Å². The van der Waals surface area contributed by atoms with Gasteiger partial charge in [-0.1, -0.05) is 48.5 Å². The summed E-state index contributed by atoms with van der Waals surface area (Å²) in [6.07, 6.45) is 4.12. The molecule has 2 aliphatic rings. The Balaban J connectivity index is 1.85. The molecule has 0 aromatic rings. The third kappa shape index (κ3) is 2.48. The van der Waals surface area contributed by atoms with Crippen LogP contribution in [-0.4, -0.2) is 12.6 Å². The van der Waals surface area contributed by atoms with Gasteiger partial charge < -0.3 is 5.32 Å². The van der Waals surface area contributed by atoms with Gasteiger partial charge in [0.1, 0.15) is 0 Å². The highest BCUT2D eigenvalue weighted by atomic mass is 15.0. The van der Waals surface area contributed by atoms with Gasteiger partial charge in [-0.15, -0.1) is 0 Å². The fraction of sp³-hybridized carbons (Fsp3) is 1.00. The fourth-order valence-corrected chi connectivity index (χ4v) is 4.63. The summed E-state index contributed by atoms with van der Waals surface area (Å²) in [7, 11) is 0. The lowest BCUT2D eigenvalue weighted by atomic mass is 9.70. The van der Waals surface area contributed by atoms with E-state index in [1.807, 2.05) is 0 Å². The lowest BCUT2D eigenvalue weighted by Gasteiger charge is -2.39. The molecule has 2 unspecified atom stereocenters. The number of hydrogen-bond donors (Lipinski definition) is 1. The van der Waals surface area contributed by atoms with E-state index in [1.165, 1.54) is 25.8 Å². The van der Waals surface area contributed by atoms with Crippen LogP contribution in [0, 0.1) is 28.1 Å². The van der Waals surface area contributed by atoms with E-state index in [2.05, 4.69) is 53.8 Å². The van der Waals surface area contributed by atoms with Crippen LogP contribution in [0.2, 0.25) is 0 Å². The van der Waals surface area contributed by atoms with Gasteiger partial charge in [0.2, 0.25) is 0 Å². The summed E-state index contributed by atoms with van der Waals surface area (Å²) in [5, 5.41) is 3.88. The van der Waals surface area contributed by atoms with Gasteiger partial charge in [0.15, 0.2) is 0 Å². The normalized spacial score (nSPS) is 37.5. The number of rotatable bonds is 3. The predicted octanol–water partition coefficient (Wildman–Crippen LogP) is 4.47. The lowest BCUT2D eigenvalue weighted by Crippen LogP contribution is -2.41. The summed E-state index contributed by atoms with van der Waals surface area (Å²) in [6, 6.07) is 0.746. The molecule has 0 saturated heterocycles. The molecule has 2 fully saturated rings. The van der Waals surface area contributed by atoms with Crippen molar-refractivity contribution in [1.82, 2.24) is 5.32 Å². The second-order valence-electron chi connectivity index (χ2n) is 9.01. The quantitative estimate of drug-likeness (QED) is 0.780. The summed E-state index contributed by atoms with van der Waals surface area (Å²) in [5.41, 5.74) is 1.58. The van der Waals surface area contributed by atoms with Gasteiger partial charge >= 0.3 is 0 Å². The number of hydrogen-bond acceptors (Lipinski definition) is 1. The van der Waals surface area contributed by atoms with Crippen molar-refractivity contribution in [3.05, 3.63) is 0 Å². The zero-order valence-corrected chi connectivity index (χ0v) is 13.6. The maximum atomic E-state index is 3.88. The Labute approximate surface area is 114 Å². The zero-order valence-electron chi connectivity index (χ0n) is 13.6. The van der Waals surface area contributed by atoms with Crippen LogP contribution >= 0.6 is 0 Å². The molecule has 2 saturated carbocycles. The van der Waals surface area contributed by atoms with Gasteiger partial charge in [0, 0.05) is 6.04 Å². The molecular weight excluding hydrogens is 218 g/mol. The van der Waals surface area contributed by atoms with E-state index in [-0.39, 0.29) is 0 Å². The van der Waals surface area contributed by atoms with E-state index in [1.54, 1.807) is 0 Å². The minimum atomic E-state index is 0.524. The van der Waals surface area contributed by atoms with E-state index in [0.717, 1.165) is 17.9 Å². The summed E-state index contributed by atoms with van der Waals surface area (Å²) in [6.45, 7) is 18.2. The topological polar surface area (TPSA) is 12.0 Å². The minimum Gasteiger partial charge on any atom is -0.314 e. The molecule has 1 heteroatoms. The van der Waals surface area contributed by atoms with E-state index >= 15 is 0 Å². The Bertz CT molecular complexity index is 300. The van der Waals surface area contributed by atoms with Gasteiger partial charge in [0.25, 0.3) is 0 Å². The number of nitrogens with one attached hydrogen (secondary N) is 1. The van der Waals surface area contributed by atoms with Crippen molar-refractivity contribution in [3.8, 4) is 0 Å². The van der Waals surface area contributed by atoms with Gasteiger partial charge in [-0.25, -0.2) is 0 Å². The highest BCUT2D eigenvalue weighted by Gasteiger charge is 2.63. The second-order valence-corrected chi connectivity index (χ2v) is 9.01. The average molecular weight is 251 g/mol. The molecule has 0 amide bonds. The maximum Gasteiger partial charge on any atom is 0.00748 e. The van der Waals surface area contributed by atoms with E-state index in [4.69, 9.17) is 0 Å². The first-order chi connectivity index (χ1) is 8.06. The summed E-state index contributed by atoms with van der Waals surface area (Å²) in [5.74, 6) is 1.73. The molecule has 0 radical (unpaired) electrons. The first-order valence-corrected chi connectivity index (χ1v) is 7.80. The van der Waals surface area contributed by atoms with Crippen molar-refractivity contribution in [2.45, 2.75) is 73.8 Å². The molecule has 0 heterocycles. The Kier molecular flexibility index (Phi) is 3.38. The van der Waals surface area contributed by atoms with Crippen LogP contribution in [0.1, 0.15) is 67.7 Å². The lowest BCUT2D eigenvalue weighted by molar-refractivity contribution is 0.150. The van der Waals surface area contributed by atoms with Crippen LogP contribution in [0.3, 0.4) is 0 Å². The molecule has 1 nitrogen and oxygen atoms in total. The Morgan fingerprint density at radius 2 is 1.50 bits per heavy atom. The molecule has 2 atom stereocenters. The van der Waals surface area contributed by atoms with E-state index in [0.29, 0.717) is 16.2 Å². The zero-order chi connectivity index (χ0) is 13.8. The van der Waals surface area contributed by atoms with Crippen molar-refractivity contribution in [2.75, 3.05) is 6.54 Å². The maximum absolute atomic E-state index is 3.88. The van der Waals surface area contributed by atoms with Crippen LogP contribution in [-0.2, 0) is 0 Å². The Morgan fingerprint density at radius 1 is 0.944 bits per heavy atom. The largest absolute Gasteiger partial charge is 0.314 e. The van der Waals surface area contributed by atoms with Crippen molar-refractivity contribution in [2.24, 2.45) is 28.1 Å². The molecular formula is C17H33N. The SMILES string of the molecule is CC1CC(NCC2C(C)(C)C2(C)C)CC(C)(C)C1. The molecule has 0 aliphatic heterocycles. The average Bonchev–Trinajstić information content (AvgIpc) is 2.51. The Hall–Kier alpha value is -0.0400. The first-order valence-electron chi connectivity index (χ1n) is 7.80. The highest BCUT2D eigenvalue weighted by Crippen LogP contribution is 2.68. The molecule has 2 rings (SSSR count). The van der Waals surface area contributed by atoms with E-state index in [9.17, 15) is 0 Å². The van der Waals surface area contributed by atoms with Gasteiger partial charge in [-0.05, 0) is 53.9 Å². The molecule has 0 aromatic heterocycles. The standard InChI is InChI=1S/C17H33N/c1-12-8-13(10-15(2,3)9-12)18-11-14-16(4,5)17(14,6)7/h12-14,18H,8-11H2,1-7H3. The van der Waals surface area contributed by atoms with Crippen LogP contribution < -0.4 is 5.32 Å². The third-order valence-electron chi connectivity index (χ3n) is 6.32. The van der Waals surface area contributed by atoms with Crippen molar-refractivity contribution in [3.63, 3.8) is 0 Å². The van der Waals surface area contributed by atoms with Crippen LogP contribution in [0.25, 0.3) is 0 Å². The smallest absolute Gasteiger partial charge is 0.00748 e. The second kappa shape index (κ2) is 4.23. The van der Waals surface area contributed by atoms with Crippen molar-refractivity contribution < 1.29 is 0 Å².